The number of hydrogen-bond donors (Lipinski definition) is 0. The summed E-state index contributed by atoms with van der Waals surface area (Å²) in [7, 11) is 2.19. The van der Waals surface area contributed by atoms with Gasteiger partial charge in [-0.05, 0) is 37.3 Å². The molecule has 3 heterocycles. The van der Waals surface area contributed by atoms with Crippen LogP contribution in [0.25, 0.3) is 10.2 Å². The van der Waals surface area contributed by atoms with Crippen molar-refractivity contribution in [2.75, 3.05) is 38.1 Å². The number of anilines is 1. The van der Waals surface area contributed by atoms with Crippen LogP contribution >= 0.6 is 11.3 Å². The summed E-state index contributed by atoms with van der Waals surface area (Å²) in [6, 6.07) is 0. The van der Waals surface area contributed by atoms with Gasteiger partial charge in [0.1, 0.15) is 12.1 Å². The van der Waals surface area contributed by atoms with Gasteiger partial charge in [-0.15, -0.1) is 11.3 Å². The van der Waals surface area contributed by atoms with Gasteiger partial charge in [0.05, 0.1) is 10.2 Å². The highest BCUT2D eigenvalue weighted by Gasteiger charge is 2.32. The van der Waals surface area contributed by atoms with Gasteiger partial charge in [-0.2, -0.15) is 0 Å². The molecule has 1 fully saturated rings. The Morgan fingerprint density at radius 1 is 1.14 bits per heavy atom. The van der Waals surface area contributed by atoms with E-state index in [1.165, 1.54) is 35.0 Å². The fraction of sp³-hybridized carbons (Fsp3) is 0.647. The van der Waals surface area contributed by atoms with Crippen LogP contribution in [0, 0.1) is 0 Å². The summed E-state index contributed by atoms with van der Waals surface area (Å²) in [6.45, 7) is 9.11. The van der Waals surface area contributed by atoms with E-state index in [1.807, 2.05) is 11.3 Å². The number of thiophene rings is 1. The highest BCUT2D eigenvalue weighted by molar-refractivity contribution is 7.20. The zero-order valence-corrected chi connectivity index (χ0v) is 14.5. The highest BCUT2D eigenvalue weighted by atomic mass is 32.1. The van der Waals surface area contributed by atoms with Crippen molar-refractivity contribution in [3.05, 3.63) is 16.8 Å². The van der Waals surface area contributed by atoms with Gasteiger partial charge in [-0.25, -0.2) is 9.97 Å². The van der Waals surface area contributed by atoms with Crippen molar-refractivity contribution in [3.8, 4) is 0 Å². The van der Waals surface area contributed by atoms with E-state index in [0.29, 0.717) is 5.41 Å². The van der Waals surface area contributed by atoms with Crippen LogP contribution < -0.4 is 4.90 Å². The molecule has 4 nitrogen and oxygen atoms in total. The lowest BCUT2D eigenvalue weighted by atomic mass is 9.78. The number of aryl methyl sites for hydroxylation is 1. The van der Waals surface area contributed by atoms with Gasteiger partial charge in [0.25, 0.3) is 0 Å². The Labute approximate surface area is 136 Å². The summed E-state index contributed by atoms with van der Waals surface area (Å²) in [6.07, 6.45) is 5.51. The number of piperazine rings is 1. The first-order chi connectivity index (χ1) is 10.6. The molecule has 2 aliphatic rings. The summed E-state index contributed by atoms with van der Waals surface area (Å²) in [5.41, 5.74) is 3.00. The van der Waals surface area contributed by atoms with Crippen LogP contribution in [0.2, 0.25) is 0 Å². The quantitative estimate of drug-likeness (QED) is 0.809. The molecule has 0 atom stereocenters. The second-order valence-corrected chi connectivity index (χ2v) is 8.33. The Hall–Kier alpha value is -1.20. The fourth-order valence-corrected chi connectivity index (χ4v) is 5.24. The van der Waals surface area contributed by atoms with Crippen LogP contribution in [0.1, 0.15) is 37.1 Å². The number of fused-ring (bicyclic) bond motifs is 3. The molecule has 22 heavy (non-hydrogen) atoms. The van der Waals surface area contributed by atoms with Gasteiger partial charge in [0.15, 0.2) is 0 Å². The number of rotatable bonds is 1. The second-order valence-electron chi connectivity index (χ2n) is 7.31. The van der Waals surface area contributed by atoms with E-state index >= 15 is 0 Å². The van der Waals surface area contributed by atoms with Crippen LogP contribution in [-0.4, -0.2) is 48.1 Å². The first-order valence-corrected chi connectivity index (χ1v) is 9.08. The number of nitrogens with zero attached hydrogens (tertiary/aromatic N) is 4. The molecule has 5 heteroatoms. The maximum absolute atomic E-state index is 4.65. The smallest absolute Gasteiger partial charge is 0.150 e. The molecule has 118 valence electrons. The van der Waals surface area contributed by atoms with E-state index in [0.717, 1.165) is 32.0 Å². The summed E-state index contributed by atoms with van der Waals surface area (Å²) in [5.74, 6) is 1.16. The Kier molecular flexibility index (Phi) is 3.38. The topological polar surface area (TPSA) is 32.3 Å². The third-order valence-electron chi connectivity index (χ3n) is 5.20. The highest BCUT2D eigenvalue weighted by Crippen LogP contribution is 2.46. The predicted octanol–water partition coefficient (Wildman–Crippen LogP) is 3.06. The SMILES string of the molecule is CN1CCN(c2ncnc3c4c(sc23)C(C)(C)CCC4)CC1. The number of likely N-dealkylation sites (N-methyl/N-ethyl adjacent to an activating group) is 1. The van der Waals surface area contributed by atoms with E-state index < -0.39 is 0 Å². The van der Waals surface area contributed by atoms with Gasteiger partial charge in [-0.3, -0.25) is 0 Å². The second kappa shape index (κ2) is 5.17. The van der Waals surface area contributed by atoms with Crippen molar-refractivity contribution in [3.63, 3.8) is 0 Å². The molecule has 0 bridgehead atoms. The minimum Gasteiger partial charge on any atom is -0.353 e. The third-order valence-corrected chi connectivity index (χ3v) is 6.78. The van der Waals surface area contributed by atoms with Crippen molar-refractivity contribution in [2.45, 2.75) is 38.5 Å². The molecular weight excluding hydrogens is 292 g/mol. The fourth-order valence-electron chi connectivity index (χ4n) is 3.79. The summed E-state index contributed by atoms with van der Waals surface area (Å²) >= 11 is 1.95. The molecule has 0 amide bonds. The van der Waals surface area contributed by atoms with Crippen molar-refractivity contribution in [1.29, 1.82) is 0 Å². The average Bonchev–Trinajstić information content (AvgIpc) is 2.88. The Balaban J connectivity index is 1.82. The number of aromatic nitrogens is 2. The van der Waals surface area contributed by atoms with Gasteiger partial charge >= 0.3 is 0 Å². The molecular formula is C17H24N4S. The standard InChI is InChI=1S/C17H24N4S/c1-17(2)6-4-5-12-13-14(22-15(12)17)16(19-11-18-13)21-9-7-20(3)8-10-21/h11H,4-10H2,1-3H3. The molecule has 2 aromatic rings. The van der Waals surface area contributed by atoms with E-state index in [4.69, 9.17) is 0 Å². The van der Waals surface area contributed by atoms with Gasteiger partial charge in [-0.1, -0.05) is 13.8 Å². The third kappa shape index (κ3) is 2.22. The maximum Gasteiger partial charge on any atom is 0.150 e. The maximum atomic E-state index is 4.65. The Morgan fingerprint density at radius 3 is 2.68 bits per heavy atom. The zero-order valence-electron chi connectivity index (χ0n) is 13.7. The summed E-state index contributed by atoms with van der Waals surface area (Å²) in [4.78, 5) is 15.7. The first kappa shape index (κ1) is 14.4. The molecule has 0 unspecified atom stereocenters. The normalized spacial score (nSPS) is 22.0. The lowest BCUT2D eigenvalue weighted by Crippen LogP contribution is -2.44. The molecule has 0 radical (unpaired) electrons. The monoisotopic (exact) mass is 316 g/mol. The lowest BCUT2D eigenvalue weighted by Gasteiger charge is -2.33. The van der Waals surface area contributed by atoms with Crippen LogP contribution in [0.5, 0.6) is 0 Å². The predicted molar refractivity (Wildman–Crippen MR) is 93.1 cm³/mol. The van der Waals surface area contributed by atoms with Crippen LogP contribution in [0.4, 0.5) is 5.82 Å². The Morgan fingerprint density at radius 2 is 1.91 bits per heavy atom. The van der Waals surface area contributed by atoms with Crippen molar-refractivity contribution >= 4 is 27.4 Å². The van der Waals surface area contributed by atoms with E-state index in [9.17, 15) is 0 Å². The van der Waals surface area contributed by atoms with Crippen LogP contribution in [0.15, 0.2) is 6.33 Å². The van der Waals surface area contributed by atoms with E-state index in [1.54, 1.807) is 11.2 Å². The van der Waals surface area contributed by atoms with Crippen molar-refractivity contribution in [2.24, 2.45) is 0 Å². The molecule has 0 spiro atoms. The lowest BCUT2D eigenvalue weighted by molar-refractivity contribution is 0.312. The first-order valence-electron chi connectivity index (χ1n) is 8.26. The molecule has 4 rings (SSSR count). The largest absolute Gasteiger partial charge is 0.353 e. The van der Waals surface area contributed by atoms with E-state index in [2.05, 4.69) is 40.7 Å². The van der Waals surface area contributed by atoms with Gasteiger partial charge < -0.3 is 9.80 Å². The Bertz CT molecular complexity index is 698. The van der Waals surface area contributed by atoms with Crippen LogP contribution in [-0.2, 0) is 11.8 Å². The molecule has 0 aromatic carbocycles. The molecule has 0 saturated carbocycles. The van der Waals surface area contributed by atoms with Gasteiger partial charge in [0.2, 0.25) is 0 Å². The minimum atomic E-state index is 0.290. The summed E-state index contributed by atoms with van der Waals surface area (Å²) < 4.78 is 1.31. The van der Waals surface area contributed by atoms with E-state index in [-0.39, 0.29) is 0 Å². The molecule has 0 N–H and O–H groups in total. The summed E-state index contributed by atoms with van der Waals surface area (Å²) in [5, 5.41) is 0. The van der Waals surface area contributed by atoms with Crippen molar-refractivity contribution in [1.82, 2.24) is 14.9 Å². The van der Waals surface area contributed by atoms with Crippen molar-refractivity contribution < 1.29 is 0 Å². The minimum absolute atomic E-state index is 0.290. The molecule has 1 aliphatic carbocycles. The zero-order chi connectivity index (χ0) is 15.3. The molecule has 1 aliphatic heterocycles. The molecule has 2 aromatic heterocycles. The molecule has 1 saturated heterocycles. The number of hydrogen-bond acceptors (Lipinski definition) is 5. The average molecular weight is 316 g/mol. The van der Waals surface area contributed by atoms with Crippen LogP contribution in [0.3, 0.4) is 0 Å². The van der Waals surface area contributed by atoms with Gasteiger partial charge in [0, 0.05) is 31.1 Å².